The molecular weight excluding hydrogens is 300 g/mol. The maximum atomic E-state index is 12.1. The summed E-state index contributed by atoms with van der Waals surface area (Å²) in [4.78, 5) is 13.4. The third-order valence-electron chi connectivity index (χ3n) is 1.71. The van der Waals surface area contributed by atoms with Crippen molar-refractivity contribution >= 4 is 22.1 Å². The summed E-state index contributed by atoms with van der Waals surface area (Å²) in [5.74, 6) is 0. The van der Waals surface area contributed by atoms with Crippen LogP contribution in [0, 0.1) is 0 Å². The first-order chi connectivity index (χ1) is 6.21. The topological polar surface area (TPSA) is 25.8 Å². The SMILES string of the molecule is [CH3][Sn]([CH3])([CH3])[c]1cnc(C(F)(F)F)cn1. The van der Waals surface area contributed by atoms with Gasteiger partial charge in [-0.3, -0.25) is 0 Å². The normalized spacial score (nSPS) is 13.0. The predicted octanol–water partition coefficient (Wildman–Crippen LogP) is 2.04. The minimum atomic E-state index is -4.39. The molecule has 0 radical (unpaired) electrons. The average Bonchev–Trinajstić information content (AvgIpc) is 2.01. The van der Waals surface area contributed by atoms with E-state index in [1.165, 1.54) is 6.20 Å². The first-order valence-electron chi connectivity index (χ1n) is 4.11. The molecule has 0 saturated heterocycles. The number of halogens is 3. The van der Waals surface area contributed by atoms with Crippen molar-refractivity contribution in [1.82, 2.24) is 9.97 Å². The van der Waals surface area contributed by atoms with Gasteiger partial charge in [-0.2, -0.15) is 0 Å². The van der Waals surface area contributed by atoms with E-state index in [0.717, 1.165) is 9.91 Å². The van der Waals surface area contributed by atoms with Crippen molar-refractivity contribution in [2.24, 2.45) is 0 Å². The van der Waals surface area contributed by atoms with E-state index in [9.17, 15) is 13.2 Å². The molecule has 1 aromatic rings. The fraction of sp³-hybridized carbons (Fsp3) is 0.500. The average molecular weight is 311 g/mol. The molecule has 0 unspecified atom stereocenters. The Morgan fingerprint density at radius 3 is 1.93 bits per heavy atom. The van der Waals surface area contributed by atoms with Crippen molar-refractivity contribution < 1.29 is 13.2 Å². The van der Waals surface area contributed by atoms with Crippen LogP contribution in [0.5, 0.6) is 0 Å². The molecule has 0 aromatic carbocycles. The second kappa shape index (κ2) is 3.67. The molecule has 2 nitrogen and oxygen atoms in total. The second-order valence-electron chi connectivity index (χ2n) is 4.03. The molecule has 0 aliphatic carbocycles. The van der Waals surface area contributed by atoms with Crippen molar-refractivity contribution in [2.75, 3.05) is 0 Å². The zero-order valence-corrected chi connectivity index (χ0v) is 11.0. The van der Waals surface area contributed by atoms with Crippen LogP contribution >= 0.6 is 0 Å². The van der Waals surface area contributed by atoms with Gasteiger partial charge in [-0.1, -0.05) is 0 Å². The van der Waals surface area contributed by atoms with E-state index in [2.05, 4.69) is 24.8 Å². The van der Waals surface area contributed by atoms with Gasteiger partial charge in [0.05, 0.1) is 0 Å². The molecule has 78 valence electrons. The number of rotatable bonds is 1. The van der Waals surface area contributed by atoms with Gasteiger partial charge >= 0.3 is 84.3 Å². The van der Waals surface area contributed by atoms with Gasteiger partial charge in [0.2, 0.25) is 0 Å². The molecule has 0 bridgehead atoms. The summed E-state index contributed by atoms with van der Waals surface area (Å²) in [7, 11) is 0. The zero-order valence-electron chi connectivity index (χ0n) is 8.18. The van der Waals surface area contributed by atoms with Crippen molar-refractivity contribution in [1.29, 1.82) is 0 Å². The summed E-state index contributed by atoms with van der Waals surface area (Å²) in [5, 5.41) is 0. The zero-order chi connectivity index (χ0) is 11.0. The first kappa shape index (κ1) is 11.7. The van der Waals surface area contributed by atoms with E-state index in [4.69, 9.17) is 0 Å². The van der Waals surface area contributed by atoms with Crippen LogP contribution < -0.4 is 3.71 Å². The second-order valence-corrected chi connectivity index (χ2v) is 18.3. The van der Waals surface area contributed by atoms with Crippen LogP contribution in [0.1, 0.15) is 5.69 Å². The molecule has 0 fully saturated rings. The van der Waals surface area contributed by atoms with E-state index in [1.54, 1.807) is 0 Å². The summed E-state index contributed by atoms with van der Waals surface area (Å²) in [6.07, 6.45) is -2.31. The molecule has 0 aliphatic rings. The van der Waals surface area contributed by atoms with E-state index >= 15 is 0 Å². The van der Waals surface area contributed by atoms with E-state index in [1.807, 2.05) is 0 Å². The van der Waals surface area contributed by atoms with Crippen LogP contribution in [0.25, 0.3) is 0 Å². The molecule has 6 heteroatoms. The van der Waals surface area contributed by atoms with Gasteiger partial charge in [-0.15, -0.1) is 0 Å². The van der Waals surface area contributed by atoms with Crippen molar-refractivity contribution in [2.45, 2.75) is 21.0 Å². The summed E-state index contributed by atoms with van der Waals surface area (Å²) in [6.45, 7) is 0. The third kappa shape index (κ3) is 2.83. The Labute approximate surface area is 84.4 Å². The Morgan fingerprint density at radius 2 is 1.64 bits per heavy atom. The molecule has 0 N–H and O–H groups in total. The molecule has 1 rings (SSSR count). The van der Waals surface area contributed by atoms with Crippen LogP contribution in [-0.2, 0) is 6.18 Å². The molecule has 1 aromatic heterocycles. The van der Waals surface area contributed by atoms with Crippen LogP contribution in [0.3, 0.4) is 0 Å². The van der Waals surface area contributed by atoms with Gasteiger partial charge in [-0.25, -0.2) is 0 Å². The van der Waals surface area contributed by atoms with Crippen LogP contribution in [0.4, 0.5) is 13.2 Å². The maximum absolute atomic E-state index is 12.1. The van der Waals surface area contributed by atoms with Crippen molar-refractivity contribution in [3.8, 4) is 0 Å². The van der Waals surface area contributed by atoms with E-state index < -0.39 is 30.2 Å². The van der Waals surface area contributed by atoms with Gasteiger partial charge < -0.3 is 0 Å². The minimum absolute atomic E-state index is 0.757. The Bertz CT molecular complexity index is 280. The van der Waals surface area contributed by atoms with Crippen LogP contribution in [0.15, 0.2) is 12.4 Å². The molecule has 0 spiro atoms. The predicted molar refractivity (Wildman–Crippen MR) is 50.0 cm³/mol. The van der Waals surface area contributed by atoms with E-state index in [0.29, 0.717) is 0 Å². The van der Waals surface area contributed by atoms with Crippen LogP contribution in [0.2, 0.25) is 14.8 Å². The Morgan fingerprint density at radius 1 is 1.07 bits per heavy atom. The Balaban J connectivity index is 3.02. The molecule has 0 amide bonds. The monoisotopic (exact) mass is 312 g/mol. The molecule has 0 aliphatic heterocycles. The van der Waals surface area contributed by atoms with Gasteiger partial charge in [0.15, 0.2) is 0 Å². The quantitative estimate of drug-likeness (QED) is 0.742. The molecular formula is C8H11F3N2Sn. The molecule has 0 atom stereocenters. The number of aromatic nitrogens is 2. The Kier molecular flexibility index (Phi) is 3.08. The molecule has 1 heterocycles. The van der Waals surface area contributed by atoms with Crippen molar-refractivity contribution in [3.63, 3.8) is 0 Å². The van der Waals surface area contributed by atoms with Gasteiger partial charge in [0.1, 0.15) is 0 Å². The van der Waals surface area contributed by atoms with Gasteiger partial charge in [0, 0.05) is 0 Å². The molecule has 0 saturated carbocycles. The number of hydrogen-bond donors (Lipinski definition) is 0. The Hall–Kier alpha value is -0.331. The van der Waals surface area contributed by atoms with Gasteiger partial charge in [0.25, 0.3) is 0 Å². The van der Waals surface area contributed by atoms with Gasteiger partial charge in [-0.05, 0) is 0 Å². The number of alkyl halides is 3. The fourth-order valence-corrected chi connectivity index (χ4v) is 3.44. The fourth-order valence-electron chi connectivity index (χ4n) is 0.862. The van der Waals surface area contributed by atoms with Crippen LogP contribution in [-0.4, -0.2) is 28.3 Å². The standard InChI is InChI=1S/C5H2F3N2.3CH3.Sn/c6-5(7,8)4-3-9-1-2-10-4;;;;/h2-3H;3*1H3;. The molecule has 14 heavy (non-hydrogen) atoms. The third-order valence-corrected chi connectivity index (χ3v) is 6.83. The first-order valence-corrected chi connectivity index (χ1v) is 14.1. The summed E-state index contributed by atoms with van der Waals surface area (Å²) in [5.41, 5.74) is -0.920. The summed E-state index contributed by atoms with van der Waals surface area (Å²) < 4.78 is 37.1. The summed E-state index contributed by atoms with van der Waals surface area (Å²) in [6, 6.07) is 0. The number of hydrogen-bond acceptors (Lipinski definition) is 2. The van der Waals surface area contributed by atoms with Crippen molar-refractivity contribution in [3.05, 3.63) is 18.1 Å². The number of nitrogens with zero attached hydrogens (tertiary/aromatic N) is 2. The van der Waals surface area contributed by atoms with E-state index in [-0.39, 0.29) is 0 Å². The summed E-state index contributed by atoms with van der Waals surface area (Å²) >= 11 is -2.36.